The van der Waals surface area contributed by atoms with Gasteiger partial charge in [-0.15, -0.1) is 12.4 Å². The quantitative estimate of drug-likeness (QED) is 0.480. The Morgan fingerprint density at radius 2 is 1.44 bits per heavy atom. The van der Waals surface area contributed by atoms with Crippen LogP contribution < -0.4 is 19.5 Å². The minimum absolute atomic E-state index is 0. The van der Waals surface area contributed by atoms with Gasteiger partial charge in [0.05, 0.1) is 27.4 Å². The largest absolute Gasteiger partial charge is 0.508 e. The highest BCUT2D eigenvalue weighted by Crippen LogP contribution is 2.38. The van der Waals surface area contributed by atoms with Gasteiger partial charge in [0.2, 0.25) is 5.75 Å². The van der Waals surface area contributed by atoms with E-state index < -0.39 is 6.10 Å². The number of rotatable bonds is 9. The Bertz CT molecular complexity index is 695. The highest BCUT2D eigenvalue weighted by Gasteiger charge is 2.13. The first-order chi connectivity index (χ1) is 12.5. The average molecular weight is 400 g/mol. The molecule has 0 saturated heterocycles. The molecule has 0 spiro atoms. The van der Waals surface area contributed by atoms with Gasteiger partial charge in [0.1, 0.15) is 11.5 Å². The van der Waals surface area contributed by atoms with Crippen LogP contribution in [0, 0.1) is 0 Å². The molecule has 27 heavy (non-hydrogen) atoms. The standard InChI is InChI=1S/C19H25NO6.ClH/c1-24-17-6-12(7-18(25-2)19(17)26-3)4-5-20-11-16(23)13-8-14(21)10-15(22)9-13;/h6-10,16,20-23H,4-5,11H2,1-3H3;1H/t16-;/m0./s1. The maximum atomic E-state index is 10.2. The van der Waals surface area contributed by atoms with Crippen molar-refractivity contribution >= 4 is 12.4 Å². The van der Waals surface area contributed by atoms with Gasteiger partial charge in [-0.2, -0.15) is 0 Å². The lowest BCUT2D eigenvalue weighted by Gasteiger charge is -2.15. The van der Waals surface area contributed by atoms with Crippen LogP contribution in [0.4, 0.5) is 0 Å². The Balaban J connectivity index is 0.00000364. The van der Waals surface area contributed by atoms with Crippen molar-refractivity contribution in [1.82, 2.24) is 5.32 Å². The van der Waals surface area contributed by atoms with Crippen LogP contribution in [0.2, 0.25) is 0 Å². The average Bonchev–Trinajstić information content (AvgIpc) is 2.63. The molecule has 0 fully saturated rings. The third-order valence-corrected chi connectivity index (χ3v) is 3.96. The van der Waals surface area contributed by atoms with Crippen molar-refractivity contribution < 1.29 is 29.5 Å². The highest BCUT2D eigenvalue weighted by atomic mass is 35.5. The smallest absolute Gasteiger partial charge is 0.203 e. The van der Waals surface area contributed by atoms with E-state index in [4.69, 9.17) is 14.2 Å². The second-order valence-electron chi connectivity index (χ2n) is 5.79. The molecule has 1 atom stereocenters. The van der Waals surface area contributed by atoms with Crippen molar-refractivity contribution in [3.8, 4) is 28.7 Å². The van der Waals surface area contributed by atoms with Crippen molar-refractivity contribution in [2.75, 3.05) is 34.4 Å². The van der Waals surface area contributed by atoms with E-state index in [1.54, 1.807) is 21.3 Å². The molecule has 150 valence electrons. The molecule has 0 aliphatic carbocycles. The van der Waals surface area contributed by atoms with Gasteiger partial charge in [0.25, 0.3) is 0 Å². The van der Waals surface area contributed by atoms with Crippen LogP contribution in [0.25, 0.3) is 0 Å². The van der Waals surface area contributed by atoms with Gasteiger partial charge < -0.3 is 34.8 Å². The van der Waals surface area contributed by atoms with Gasteiger partial charge in [-0.1, -0.05) is 0 Å². The summed E-state index contributed by atoms with van der Waals surface area (Å²) >= 11 is 0. The SMILES string of the molecule is COc1cc(CCNC[C@H](O)c2cc(O)cc(O)c2)cc(OC)c1OC.Cl. The topological polar surface area (TPSA) is 100 Å². The number of nitrogens with one attached hydrogen (secondary N) is 1. The summed E-state index contributed by atoms with van der Waals surface area (Å²) in [5.41, 5.74) is 1.44. The number of benzene rings is 2. The summed E-state index contributed by atoms with van der Waals surface area (Å²) in [6, 6.07) is 7.82. The van der Waals surface area contributed by atoms with Gasteiger partial charge in [0, 0.05) is 12.6 Å². The molecule has 4 N–H and O–H groups in total. The zero-order valence-corrected chi connectivity index (χ0v) is 16.4. The van der Waals surface area contributed by atoms with Crippen LogP contribution in [0.5, 0.6) is 28.7 Å². The molecule has 0 saturated carbocycles. The molecule has 7 nitrogen and oxygen atoms in total. The Kier molecular flexibility index (Phi) is 9.00. The Hall–Kier alpha value is -2.35. The van der Waals surface area contributed by atoms with Crippen molar-refractivity contribution in [3.63, 3.8) is 0 Å². The number of methoxy groups -OCH3 is 3. The third-order valence-electron chi connectivity index (χ3n) is 3.96. The number of hydrogen-bond acceptors (Lipinski definition) is 7. The maximum Gasteiger partial charge on any atom is 0.203 e. The van der Waals surface area contributed by atoms with Gasteiger partial charge >= 0.3 is 0 Å². The van der Waals surface area contributed by atoms with Crippen molar-refractivity contribution in [2.24, 2.45) is 0 Å². The Morgan fingerprint density at radius 3 is 1.93 bits per heavy atom. The van der Waals surface area contributed by atoms with Crippen molar-refractivity contribution in [3.05, 3.63) is 41.5 Å². The number of phenols is 2. The number of hydrogen-bond donors (Lipinski definition) is 4. The normalized spacial score (nSPS) is 11.4. The second-order valence-corrected chi connectivity index (χ2v) is 5.79. The molecule has 2 aromatic carbocycles. The fourth-order valence-electron chi connectivity index (χ4n) is 2.68. The van der Waals surface area contributed by atoms with E-state index in [1.165, 1.54) is 18.2 Å². The second kappa shape index (κ2) is 10.7. The minimum atomic E-state index is -0.840. The number of aromatic hydroxyl groups is 2. The molecule has 0 aliphatic heterocycles. The summed E-state index contributed by atoms with van der Waals surface area (Å²) in [5.74, 6) is 1.56. The number of halogens is 1. The van der Waals surface area contributed by atoms with E-state index >= 15 is 0 Å². The van der Waals surface area contributed by atoms with E-state index in [9.17, 15) is 15.3 Å². The first-order valence-corrected chi connectivity index (χ1v) is 8.19. The van der Waals surface area contributed by atoms with Crippen LogP contribution in [-0.2, 0) is 6.42 Å². The fraction of sp³-hybridized carbons (Fsp3) is 0.368. The van der Waals surface area contributed by atoms with Crippen molar-refractivity contribution in [1.29, 1.82) is 0 Å². The summed E-state index contributed by atoms with van der Waals surface area (Å²) in [4.78, 5) is 0. The predicted octanol–water partition coefficient (Wildman–Crippen LogP) is 2.41. The molecule has 0 radical (unpaired) electrons. The summed E-state index contributed by atoms with van der Waals surface area (Å²) in [6.07, 6.45) is -0.151. The van der Waals surface area contributed by atoms with Gasteiger partial charge in [-0.25, -0.2) is 0 Å². The summed E-state index contributed by atoms with van der Waals surface area (Å²) in [6.45, 7) is 0.897. The van der Waals surface area contributed by atoms with Crippen LogP contribution in [0.3, 0.4) is 0 Å². The van der Waals surface area contributed by atoms with E-state index in [0.29, 0.717) is 35.8 Å². The number of aliphatic hydroxyl groups is 1. The van der Waals surface area contributed by atoms with Crippen LogP contribution in [-0.4, -0.2) is 49.7 Å². The monoisotopic (exact) mass is 399 g/mol. The number of ether oxygens (including phenoxy) is 3. The predicted molar refractivity (Wildman–Crippen MR) is 105 cm³/mol. The third kappa shape index (κ3) is 6.09. The summed E-state index contributed by atoms with van der Waals surface area (Å²) in [5, 5.41) is 32.3. The minimum Gasteiger partial charge on any atom is -0.508 e. The molecule has 2 aromatic rings. The fourth-order valence-corrected chi connectivity index (χ4v) is 2.68. The van der Waals surface area contributed by atoms with Crippen LogP contribution >= 0.6 is 12.4 Å². The van der Waals surface area contributed by atoms with Crippen LogP contribution in [0.1, 0.15) is 17.2 Å². The first-order valence-electron chi connectivity index (χ1n) is 8.19. The molecule has 0 unspecified atom stereocenters. The lowest BCUT2D eigenvalue weighted by Crippen LogP contribution is -2.23. The van der Waals surface area contributed by atoms with Crippen LogP contribution in [0.15, 0.2) is 30.3 Å². The molecule has 8 heteroatoms. The molecule has 2 rings (SSSR count). The molecule has 0 bridgehead atoms. The number of phenolic OH excluding ortho intramolecular Hbond substituents is 2. The van der Waals surface area contributed by atoms with E-state index in [2.05, 4.69) is 5.32 Å². The molecule has 0 aromatic heterocycles. The molecular weight excluding hydrogens is 374 g/mol. The Labute approximate surface area is 164 Å². The molecule has 0 heterocycles. The summed E-state index contributed by atoms with van der Waals surface area (Å²) in [7, 11) is 4.70. The van der Waals surface area contributed by atoms with Crippen molar-refractivity contribution in [2.45, 2.75) is 12.5 Å². The zero-order valence-electron chi connectivity index (χ0n) is 15.6. The van der Waals surface area contributed by atoms with E-state index in [0.717, 1.165) is 5.56 Å². The zero-order chi connectivity index (χ0) is 19.1. The first kappa shape index (κ1) is 22.7. The van der Waals surface area contributed by atoms with Gasteiger partial charge in [-0.3, -0.25) is 0 Å². The summed E-state index contributed by atoms with van der Waals surface area (Å²) < 4.78 is 16.0. The maximum absolute atomic E-state index is 10.2. The Morgan fingerprint density at radius 1 is 0.889 bits per heavy atom. The highest BCUT2D eigenvalue weighted by molar-refractivity contribution is 5.85. The lowest BCUT2D eigenvalue weighted by molar-refractivity contribution is 0.174. The van der Waals surface area contributed by atoms with E-state index in [-0.39, 0.29) is 30.5 Å². The van der Waals surface area contributed by atoms with Gasteiger partial charge in [0.15, 0.2) is 11.5 Å². The van der Waals surface area contributed by atoms with Gasteiger partial charge in [-0.05, 0) is 48.4 Å². The molecule has 0 amide bonds. The lowest BCUT2D eigenvalue weighted by atomic mass is 10.1. The number of aliphatic hydroxyl groups excluding tert-OH is 1. The molecular formula is C19H26ClNO6. The molecule has 0 aliphatic rings. The van der Waals surface area contributed by atoms with E-state index in [1.807, 2.05) is 12.1 Å².